The van der Waals surface area contributed by atoms with Crippen LogP contribution < -0.4 is 15.8 Å². The van der Waals surface area contributed by atoms with Gasteiger partial charge in [-0.05, 0) is 31.1 Å². The van der Waals surface area contributed by atoms with Crippen LogP contribution in [0, 0.1) is 5.82 Å². The van der Waals surface area contributed by atoms with Gasteiger partial charge in [0.2, 0.25) is 5.75 Å². The minimum absolute atomic E-state index is 0.114. The second-order valence-electron chi connectivity index (χ2n) is 7.36. The summed E-state index contributed by atoms with van der Waals surface area (Å²) in [4.78, 5) is 17.8. The van der Waals surface area contributed by atoms with Crippen molar-refractivity contribution in [2.45, 2.75) is 19.4 Å². The van der Waals surface area contributed by atoms with Gasteiger partial charge in [-0.25, -0.2) is 14.2 Å². The Bertz CT molecular complexity index is 1230. The molecule has 2 amide bonds. The Morgan fingerprint density at radius 1 is 1.41 bits per heavy atom. The average molecular weight is 479 g/mol. The third kappa shape index (κ3) is 3.96. The maximum absolute atomic E-state index is 14.0. The number of ether oxygens (including phenoxy) is 1. The number of amides is 2. The van der Waals surface area contributed by atoms with E-state index < -0.39 is 11.9 Å². The Labute approximate surface area is 193 Å². The van der Waals surface area contributed by atoms with Crippen LogP contribution in [0.15, 0.2) is 35.1 Å². The highest BCUT2D eigenvalue weighted by molar-refractivity contribution is 6.36. The molecule has 1 aromatic carbocycles. The summed E-state index contributed by atoms with van der Waals surface area (Å²) in [6.07, 6.45) is 5.16. The van der Waals surface area contributed by atoms with Gasteiger partial charge in [0.05, 0.1) is 16.7 Å². The van der Waals surface area contributed by atoms with Crippen molar-refractivity contribution in [1.82, 2.24) is 15.2 Å². The zero-order valence-electron chi connectivity index (χ0n) is 17.4. The quantitative estimate of drug-likeness (QED) is 0.487. The molecule has 10 heteroatoms. The first-order valence-corrected chi connectivity index (χ1v) is 10.7. The average Bonchev–Trinajstić information content (AvgIpc) is 3.22. The van der Waals surface area contributed by atoms with Gasteiger partial charge < -0.3 is 25.1 Å². The highest BCUT2D eigenvalue weighted by Crippen LogP contribution is 2.41. The fourth-order valence-corrected chi connectivity index (χ4v) is 4.43. The number of halogens is 3. The molecule has 7 nitrogen and oxygen atoms in total. The zero-order valence-corrected chi connectivity index (χ0v) is 18.9. The molecule has 1 aliphatic rings. The van der Waals surface area contributed by atoms with Crippen LogP contribution in [0.5, 0.6) is 5.75 Å². The fraction of sp³-hybridized carbons (Fsp3) is 0.273. The van der Waals surface area contributed by atoms with E-state index in [-0.39, 0.29) is 27.6 Å². The maximum Gasteiger partial charge on any atom is 0.317 e. The summed E-state index contributed by atoms with van der Waals surface area (Å²) in [5.74, 6) is -0.250. The molecule has 2 aromatic heterocycles. The number of nitrogens with one attached hydrogen (secondary N) is 1. The van der Waals surface area contributed by atoms with Crippen LogP contribution >= 0.6 is 23.2 Å². The van der Waals surface area contributed by atoms with Crippen molar-refractivity contribution >= 4 is 51.6 Å². The summed E-state index contributed by atoms with van der Waals surface area (Å²) in [5.41, 5.74) is 8.68. The monoisotopic (exact) mass is 478 g/mol. The molecule has 3 N–H and O–H groups in total. The summed E-state index contributed by atoms with van der Waals surface area (Å²) >= 11 is 12.3. The van der Waals surface area contributed by atoms with E-state index in [1.807, 2.05) is 6.08 Å². The topological polar surface area (TPSA) is 93.6 Å². The lowest BCUT2D eigenvalue weighted by Gasteiger charge is -2.25. The Morgan fingerprint density at radius 2 is 2.19 bits per heavy atom. The molecular formula is C22H21Cl2FN4O3. The highest BCUT2D eigenvalue weighted by Gasteiger charge is 2.24. The van der Waals surface area contributed by atoms with E-state index >= 15 is 0 Å². The van der Waals surface area contributed by atoms with Crippen molar-refractivity contribution in [2.24, 2.45) is 0 Å². The lowest BCUT2D eigenvalue weighted by molar-refractivity contribution is 0.205. The molecule has 0 spiro atoms. The number of furan rings is 1. The van der Waals surface area contributed by atoms with Gasteiger partial charge in [-0.2, -0.15) is 0 Å². The van der Waals surface area contributed by atoms with Gasteiger partial charge in [0.25, 0.3) is 0 Å². The number of fused-ring (bicyclic) bond motifs is 1. The van der Waals surface area contributed by atoms with Crippen LogP contribution in [0.4, 0.5) is 15.0 Å². The molecule has 0 saturated carbocycles. The third-order valence-corrected chi connectivity index (χ3v) is 6.15. The minimum atomic E-state index is -0.719. The van der Waals surface area contributed by atoms with Crippen LogP contribution in [0.25, 0.3) is 16.5 Å². The SMILES string of the molecule is CNC(=O)N1CC=C(c2coc3c(O[C@@H](C)c4c(Cl)ccc(F)c4Cl)c(N)ncc23)CC1. The molecule has 0 bridgehead atoms. The molecule has 4 rings (SSSR count). The molecule has 0 fully saturated rings. The normalized spacial score (nSPS) is 14.9. The molecule has 1 atom stereocenters. The number of nitrogens with two attached hydrogens (primary N) is 1. The summed E-state index contributed by atoms with van der Waals surface area (Å²) in [6.45, 7) is 2.75. The number of pyridine rings is 1. The summed E-state index contributed by atoms with van der Waals surface area (Å²) < 4.78 is 25.8. The van der Waals surface area contributed by atoms with Crippen LogP contribution in [0.1, 0.15) is 30.6 Å². The minimum Gasteiger partial charge on any atom is -0.478 e. The molecule has 1 aliphatic heterocycles. The lowest BCUT2D eigenvalue weighted by Crippen LogP contribution is -2.40. The number of hydrogen-bond donors (Lipinski definition) is 2. The summed E-state index contributed by atoms with van der Waals surface area (Å²) in [7, 11) is 1.61. The van der Waals surface area contributed by atoms with E-state index in [0.29, 0.717) is 30.7 Å². The molecule has 168 valence electrons. The van der Waals surface area contributed by atoms with E-state index in [0.717, 1.165) is 16.5 Å². The Morgan fingerprint density at radius 3 is 2.88 bits per heavy atom. The molecule has 0 aliphatic carbocycles. The number of rotatable bonds is 4. The van der Waals surface area contributed by atoms with E-state index in [2.05, 4.69) is 10.3 Å². The maximum atomic E-state index is 14.0. The van der Waals surface area contributed by atoms with Crippen LogP contribution in [-0.4, -0.2) is 36.1 Å². The number of nitrogens with zero attached hydrogens (tertiary/aromatic N) is 2. The second kappa shape index (κ2) is 8.88. The van der Waals surface area contributed by atoms with E-state index in [9.17, 15) is 9.18 Å². The number of benzene rings is 1. The number of hydrogen-bond acceptors (Lipinski definition) is 5. The Kier molecular flexibility index (Phi) is 6.17. The summed E-state index contributed by atoms with van der Waals surface area (Å²) in [6, 6.07) is 2.49. The van der Waals surface area contributed by atoms with Gasteiger partial charge in [0.15, 0.2) is 11.4 Å². The molecule has 3 aromatic rings. The van der Waals surface area contributed by atoms with Crippen molar-refractivity contribution in [3.8, 4) is 5.75 Å². The molecule has 0 saturated heterocycles. The number of anilines is 1. The molecule has 32 heavy (non-hydrogen) atoms. The van der Waals surface area contributed by atoms with E-state index in [1.165, 1.54) is 12.1 Å². The van der Waals surface area contributed by atoms with E-state index in [4.69, 9.17) is 38.1 Å². The largest absolute Gasteiger partial charge is 0.478 e. The number of urea groups is 1. The van der Waals surface area contributed by atoms with Crippen molar-refractivity contribution in [2.75, 3.05) is 25.9 Å². The number of aromatic nitrogens is 1. The summed E-state index contributed by atoms with van der Waals surface area (Å²) in [5, 5.41) is 3.51. The zero-order chi connectivity index (χ0) is 23.0. The van der Waals surface area contributed by atoms with Crippen molar-refractivity contribution in [3.05, 3.63) is 57.7 Å². The highest BCUT2D eigenvalue weighted by atomic mass is 35.5. The van der Waals surface area contributed by atoms with Gasteiger partial charge in [0, 0.05) is 42.5 Å². The molecule has 0 radical (unpaired) electrons. The molecule has 0 unspecified atom stereocenters. The third-order valence-electron chi connectivity index (χ3n) is 5.44. The van der Waals surface area contributed by atoms with Crippen molar-refractivity contribution in [1.29, 1.82) is 0 Å². The Hall–Kier alpha value is -2.97. The smallest absolute Gasteiger partial charge is 0.317 e. The van der Waals surface area contributed by atoms with Crippen molar-refractivity contribution in [3.63, 3.8) is 0 Å². The fourth-order valence-electron chi connectivity index (χ4n) is 3.75. The van der Waals surface area contributed by atoms with Crippen LogP contribution in [0.2, 0.25) is 10.0 Å². The standard InChI is InChI=1S/C22H21Cl2FN4O3/c1-11(17-15(23)3-4-16(25)18(17)24)32-20-19-13(9-28-21(20)26)14(10-31-19)12-5-7-29(8-6-12)22(30)27-2/h3-5,9-11H,6-8H2,1-2H3,(H2,26,28)(H,27,30)/t11-/m0/s1. The second-order valence-corrected chi connectivity index (χ2v) is 8.15. The first kappa shape index (κ1) is 22.2. The Balaban J connectivity index is 1.67. The van der Waals surface area contributed by atoms with E-state index in [1.54, 1.807) is 31.3 Å². The van der Waals surface area contributed by atoms with Gasteiger partial charge in [-0.3, -0.25) is 0 Å². The van der Waals surface area contributed by atoms with Gasteiger partial charge >= 0.3 is 6.03 Å². The van der Waals surface area contributed by atoms with Crippen LogP contribution in [-0.2, 0) is 0 Å². The first-order valence-electron chi connectivity index (χ1n) is 9.93. The van der Waals surface area contributed by atoms with Gasteiger partial charge in [0.1, 0.15) is 11.9 Å². The molecular weight excluding hydrogens is 458 g/mol. The molecule has 3 heterocycles. The van der Waals surface area contributed by atoms with Crippen LogP contribution in [0.3, 0.4) is 0 Å². The first-order chi connectivity index (χ1) is 15.3. The number of nitrogen functional groups attached to an aromatic ring is 1. The van der Waals surface area contributed by atoms with Crippen molar-refractivity contribution < 1.29 is 18.3 Å². The number of carbonyl (C=O) groups excluding carboxylic acids is 1. The predicted molar refractivity (Wildman–Crippen MR) is 123 cm³/mol. The predicted octanol–water partition coefficient (Wildman–Crippen LogP) is 5.42. The van der Waals surface area contributed by atoms with Gasteiger partial charge in [-0.1, -0.05) is 29.3 Å². The lowest BCUT2D eigenvalue weighted by atomic mass is 9.99. The van der Waals surface area contributed by atoms with Gasteiger partial charge in [-0.15, -0.1) is 0 Å². The number of carbonyl (C=O) groups is 1.